The number of Topliss-reactive ketones (excluding diaryl/α,β-unsaturated/α-hetero) is 1. The molecule has 1 aromatic carbocycles. The number of carbonyl (C=O) groups is 2. The Hall–Kier alpha value is -1.68. The molecule has 2 rings (SSSR count). The van der Waals surface area contributed by atoms with Crippen molar-refractivity contribution in [2.75, 3.05) is 6.61 Å². The Kier molecular flexibility index (Phi) is 3.48. The van der Waals surface area contributed by atoms with Gasteiger partial charge in [-0.3, -0.25) is 9.59 Å². The van der Waals surface area contributed by atoms with E-state index in [0.717, 1.165) is 11.1 Å². The molecule has 0 aliphatic carbocycles. The summed E-state index contributed by atoms with van der Waals surface area (Å²) < 4.78 is 4.95. The van der Waals surface area contributed by atoms with Crippen LogP contribution in [0.15, 0.2) is 24.3 Å². The van der Waals surface area contributed by atoms with Crippen LogP contribution in [-0.2, 0) is 27.4 Å². The Bertz CT molecular complexity index is 463. The zero-order valence-corrected chi connectivity index (χ0v) is 10.3. The highest BCUT2D eigenvalue weighted by Gasteiger charge is 2.48. The third-order valence-electron chi connectivity index (χ3n) is 3.54. The monoisotopic (exact) mass is 248 g/mol. The van der Waals surface area contributed by atoms with Gasteiger partial charge in [-0.15, -0.1) is 0 Å². The van der Waals surface area contributed by atoms with Gasteiger partial charge < -0.3 is 9.84 Å². The minimum absolute atomic E-state index is 0.0137. The van der Waals surface area contributed by atoms with Crippen molar-refractivity contribution in [2.24, 2.45) is 5.41 Å². The van der Waals surface area contributed by atoms with Crippen LogP contribution in [0.4, 0.5) is 0 Å². The van der Waals surface area contributed by atoms with Gasteiger partial charge in [-0.25, -0.2) is 0 Å². The molecular formula is C14H16O4. The summed E-state index contributed by atoms with van der Waals surface area (Å²) in [4.78, 5) is 23.5. The SMILES string of the molecule is CC(=O)C1(Cc2ccc(CO)cc2)CCOC1=O. The summed E-state index contributed by atoms with van der Waals surface area (Å²) in [7, 11) is 0. The van der Waals surface area contributed by atoms with Gasteiger partial charge in [0, 0.05) is 6.42 Å². The Morgan fingerprint density at radius 3 is 2.39 bits per heavy atom. The molecule has 96 valence electrons. The van der Waals surface area contributed by atoms with Gasteiger partial charge in [-0.05, 0) is 24.5 Å². The van der Waals surface area contributed by atoms with E-state index >= 15 is 0 Å². The largest absolute Gasteiger partial charge is 0.465 e. The molecule has 1 unspecified atom stereocenters. The lowest BCUT2D eigenvalue weighted by Crippen LogP contribution is -2.36. The lowest BCUT2D eigenvalue weighted by atomic mass is 9.77. The molecule has 1 atom stereocenters. The van der Waals surface area contributed by atoms with Gasteiger partial charge in [-0.2, -0.15) is 0 Å². The highest BCUT2D eigenvalue weighted by molar-refractivity contribution is 6.04. The van der Waals surface area contributed by atoms with E-state index < -0.39 is 11.4 Å². The number of cyclic esters (lactones) is 1. The fourth-order valence-electron chi connectivity index (χ4n) is 2.27. The quantitative estimate of drug-likeness (QED) is 0.643. The highest BCUT2D eigenvalue weighted by atomic mass is 16.5. The molecule has 4 nitrogen and oxygen atoms in total. The van der Waals surface area contributed by atoms with E-state index in [2.05, 4.69) is 0 Å². The first-order valence-corrected chi connectivity index (χ1v) is 5.95. The molecule has 0 saturated carbocycles. The van der Waals surface area contributed by atoms with Crippen LogP contribution < -0.4 is 0 Å². The number of aliphatic hydroxyl groups is 1. The maximum Gasteiger partial charge on any atom is 0.320 e. The zero-order chi connectivity index (χ0) is 13.2. The predicted octanol–water partition coefficient (Wildman–Crippen LogP) is 1.24. The molecule has 1 aliphatic heterocycles. The second-order valence-corrected chi connectivity index (χ2v) is 4.68. The van der Waals surface area contributed by atoms with Crippen LogP contribution in [0.3, 0.4) is 0 Å². The first kappa shape index (κ1) is 12.8. The molecule has 0 aromatic heterocycles. The fraction of sp³-hybridized carbons (Fsp3) is 0.429. The molecule has 0 bridgehead atoms. The van der Waals surface area contributed by atoms with Crippen LogP contribution in [0.25, 0.3) is 0 Å². The van der Waals surface area contributed by atoms with E-state index in [-0.39, 0.29) is 12.4 Å². The average Bonchev–Trinajstić information content (AvgIpc) is 2.73. The lowest BCUT2D eigenvalue weighted by Gasteiger charge is -2.21. The molecule has 1 aliphatic rings. The molecule has 0 spiro atoms. The van der Waals surface area contributed by atoms with Gasteiger partial charge in [0.25, 0.3) is 0 Å². The van der Waals surface area contributed by atoms with Crippen LogP contribution in [0.1, 0.15) is 24.5 Å². The molecule has 1 N–H and O–H groups in total. The number of benzene rings is 1. The van der Waals surface area contributed by atoms with Crippen molar-refractivity contribution in [1.29, 1.82) is 0 Å². The van der Waals surface area contributed by atoms with E-state index in [1.54, 1.807) is 12.1 Å². The number of hydrogen-bond donors (Lipinski definition) is 1. The maximum absolute atomic E-state index is 11.8. The topological polar surface area (TPSA) is 63.6 Å². The Balaban J connectivity index is 2.24. The smallest absolute Gasteiger partial charge is 0.320 e. The van der Waals surface area contributed by atoms with Crippen molar-refractivity contribution in [3.63, 3.8) is 0 Å². The Morgan fingerprint density at radius 2 is 1.94 bits per heavy atom. The van der Waals surface area contributed by atoms with Gasteiger partial charge >= 0.3 is 5.97 Å². The molecule has 1 saturated heterocycles. The summed E-state index contributed by atoms with van der Waals surface area (Å²) in [5, 5.41) is 8.97. The first-order valence-electron chi connectivity index (χ1n) is 5.95. The zero-order valence-electron chi connectivity index (χ0n) is 10.3. The Morgan fingerprint density at radius 1 is 1.33 bits per heavy atom. The number of ketones is 1. The molecule has 1 fully saturated rings. The number of ether oxygens (including phenoxy) is 1. The standard InChI is InChI=1S/C14H16O4/c1-10(16)14(6-7-18-13(14)17)8-11-2-4-12(9-15)5-3-11/h2-5,15H,6-9H2,1H3. The molecule has 1 aromatic rings. The van der Waals surface area contributed by atoms with Crippen molar-refractivity contribution in [3.05, 3.63) is 35.4 Å². The number of esters is 1. The van der Waals surface area contributed by atoms with E-state index in [1.165, 1.54) is 6.92 Å². The van der Waals surface area contributed by atoms with Crippen molar-refractivity contribution in [1.82, 2.24) is 0 Å². The summed E-state index contributed by atoms with van der Waals surface area (Å²) in [6.45, 7) is 1.74. The molecule has 1 heterocycles. The lowest BCUT2D eigenvalue weighted by molar-refractivity contribution is -0.150. The van der Waals surface area contributed by atoms with Crippen LogP contribution in [0.5, 0.6) is 0 Å². The number of hydrogen-bond acceptors (Lipinski definition) is 4. The first-order chi connectivity index (χ1) is 8.58. The van der Waals surface area contributed by atoms with E-state index in [1.807, 2.05) is 12.1 Å². The normalized spacial score (nSPS) is 22.9. The summed E-state index contributed by atoms with van der Waals surface area (Å²) >= 11 is 0. The molecule has 0 radical (unpaired) electrons. The van der Waals surface area contributed by atoms with Crippen LogP contribution in [0, 0.1) is 5.41 Å². The van der Waals surface area contributed by atoms with Crippen molar-refractivity contribution in [2.45, 2.75) is 26.4 Å². The van der Waals surface area contributed by atoms with Crippen molar-refractivity contribution < 1.29 is 19.4 Å². The van der Waals surface area contributed by atoms with Crippen molar-refractivity contribution in [3.8, 4) is 0 Å². The molecule has 4 heteroatoms. The third-order valence-corrected chi connectivity index (χ3v) is 3.54. The maximum atomic E-state index is 11.8. The second kappa shape index (κ2) is 4.90. The second-order valence-electron chi connectivity index (χ2n) is 4.68. The third kappa shape index (κ3) is 2.16. The summed E-state index contributed by atoms with van der Waals surface area (Å²) in [6.07, 6.45) is 0.815. The predicted molar refractivity (Wildman–Crippen MR) is 64.8 cm³/mol. The van der Waals surface area contributed by atoms with Crippen LogP contribution >= 0.6 is 0 Å². The summed E-state index contributed by atoms with van der Waals surface area (Å²) in [6, 6.07) is 7.26. The summed E-state index contributed by atoms with van der Waals surface area (Å²) in [5.41, 5.74) is 0.701. The average molecular weight is 248 g/mol. The molecule has 0 amide bonds. The molecule has 18 heavy (non-hydrogen) atoms. The number of carbonyl (C=O) groups excluding carboxylic acids is 2. The van der Waals surface area contributed by atoms with E-state index in [9.17, 15) is 9.59 Å². The highest BCUT2D eigenvalue weighted by Crippen LogP contribution is 2.35. The number of aliphatic hydroxyl groups excluding tert-OH is 1. The van der Waals surface area contributed by atoms with Crippen LogP contribution in [0.2, 0.25) is 0 Å². The fourth-order valence-corrected chi connectivity index (χ4v) is 2.27. The van der Waals surface area contributed by atoms with E-state index in [0.29, 0.717) is 19.4 Å². The summed E-state index contributed by atoms with van der Waals surface area (Å²) in [5.74, 6) is -0.558. The van der Waals surface area contributed by atoms with Gasteiger partial charge in [0.15, 0.2) is 0 Å². The minimum Gasteiger partial charge on any atom is -0.465 e. The molecular weight excluding hydrogens is 232 g/mol. The van der Waals surface area contributed by atoms with Gasteiger partial charge in [0.2, 0.25) is 0 Å². The van der Waals surface area contributed by atoms with E-state index in [4.69, 9.17) is 9.84 Å². The number of rotatable bonds is 4. The van der Waals surface area contributed by atoms with Gasteiger partial charge in [0.1, 0.15) is 11.2 Å². The van der Waals surface area contributed by atoms with Gasteiger partial charge in [-0.1, -0.05) is 24.3 Å². The Labute approximate surface area is 106 Å². The van der Waals surface area contributed by atoms with Gasteiger partial charge in [0.05, 0.1) is 13.2 Å². The minimum atomic E-state index is -1.01. The van der Waals surface area contributed by atoms with Crippen LogP contribution in [-0.4, -0.2) is 23.5 Å². The van der Waals surface area contributed by atoms with Crippen molar-refractivity contribution >= 4 is 11.8 Å².